The predicted octanol–water partition coefficient (Wildman–Crippen LogP) is 3.86. The van der Waals surface area contributed by atoms with Crippen molar-refractivity contribution in [1.29, 1.82) is 0 Å². The molecule has 0 aromatic heterocycles. The van der Waals surface area contributed by atoms with Gasteiger partial charge in [-0.05, 0) is 58.4 Å². The van der Waals surface area contributed by atoms with E-state index in [-0.39, 0.29) is 11.6 Å². The molecular formula is C21H30N2O2. The lowest BCUT2D eigenvalue weighted by atomic mass is 9.88. The predicted molar refractivity (Wildman–Crippen MR) is 98.3 cm³/mol. The van der Waals surface area contributed by atoms with Crippen LogP contribution in [0.4, 0.5) is 4.79 Å². The second-order valence-corrected chi connectivity index (χ2v) is 9.42. The molecule has 25 heavy (non-hydrogen) atoms. The lowest BCUT2D eigenvalue weighted by Crippen LogP contribution is -2.62. The van der Waals surface area contributed by atoms with Crippen molar-refractivity contribution in [3.8, 4) is 0 Å². The van der Waals surface area contributed by atoms with Gasteiger partial charge < -0.3 is 9.64 Å². The summed E-state index contributed by atoms with van der Waals surface area (Å²) in [6.45, 7) is 12.1. The molecule has 3 fully saturated rings. The number of rotatable bonds is 2. The molecule has 4 atom stereocenters. The second-order valence-electron chi connectivity index (χ2n) is 9.42. The number of piperidine rings is 1. The number of amides is 1. The van der Waals surface area contributed by atoms with E-state index in [0.29, 0.717) is 12.1 Å². The molecule has 4 unspecified atom stereocenters. The zero-order chi connectivity index (χ0) is 18.0. The third-order valence-corrected chi connectivity index (χ3v) is 6.19. The minimum absolute atomic E-state index is 0.00989. The quantitative estimate of drug-likeness (QED) is 0.818. The molecule has 2 aliphatic heterocycles. The van der Waals surface area contributed by atoms with Crippen molar-refractivity contribution >= 4 is 6.09 Å². The number of benzene rings is 1. The fourth-order valence-corrected chi connectivity index (χ4v) is 5.05. The van der Waals surface area contributed by atoms with E-state index >= 15 is 0 Å². The average molecular weight is 342 g/mol. The number of nitrogens with zero attached hydrogens (tertiary/aromatic N) is 2. The Kier molecular flexibility index (Phi) is 3.70. The largest absolute Gasteiger partial charge is 0.444 e. The molecule has 4 nitrogen and oxygen atoms in total. The molecule has 1 aliphatic carbocycles. The Bertz CT molecular complexity index is 646. The lowest BCUT2D eigenvalue weighted by Gasteiger charge is -2.51. The van der Waals surface area contributed by atoms with E-state index < -0.39 is 5.60 Å². The van der Waals surface area contributed by atoms with Gasteiger partial charge in [-0.1, -0.05) is 30.3 Å². The Morgan fingerprint density at radius 3 is 2.08 bits per heavy atom. The van der Waals surface area contributed by atoms with Gasteiger partial charge in [0.15, 0.2) is 0 Å². The van der Waals surface area contributed by atoms with E-state index in [1.807, 2.05) is 25.7 Å². The molecule has 1 saturated carbocycles. The smallest absolute Gasteiger partial charge is 0.410 e. The minimum atomic E-state index is -0.431. The van der Waals surface area contributed by atoms with Crippen molar-refractivity contribution in [2.75, 3.05) is 13.1 Å². The first-order valence-electron chi connectivity index (χ1n) is 9.50. The summed E-state index contributed by atoms with van der Waals surface area (Å²) in [7, 11) is 0. The number of hydrogen-bond acceptors (Lipinski definition) is 3. The van der Waals surface area contributed by atoms with Crippen molar-refractivity contribution in [2.45, 2.75) is 64.3 Å². The molecule has 3 aliphatic rings. The van der Waals surface area contributed by atoms with Crippen LogP contribution in [0.1, 0.15) is 46.6 Å². The van der Waals surface area contributed by atoms with Crippen LogP contribution in [0.25, 0.3) is 0 Å². The fourth-order valence-electron chi connectivity index (χ4n) is 5.05. The Balaban J connectivity index is 1.56. The van der Waals surface area contributed by atoms with Gasteiger partial charge in [0.2, 0.25) is 0 Å². The zero-order valence-electron chi connectivity index (χ0n) is 16.0. The molecule has 0 spiro atoms. The second kappa shape index (κ2) is 5.47. The summed E-state index contributed by atoms with van der Waals surface area (Å²) in [6, 6.07) is 11.7. The van der Waals surface area contributed by atoms with Gasteiger partial charge in [0.1, 0.15) is 5.60 Å². The van der Waals surface area contributed by atoms with Crippen molar-refractivity contribution in [3.05, 3.63) is 35.9 Å². The summed E-state index contributed by atoms with van der Waals surface area (Å²) < 4.78 is 5.63. The molecule has 0 radical (unpaired) electrons. The molecule has 0 N–H and O–H groups in total. The van der Waals surface area contributed by atoms with Crippen LogP contribution in [0, 0.1) is 11.8 Å². The van der Waals surface area contributed by atoms with Gasteiger partial charge in [-0.2, -0.15) is 0 Å². The number of piperazine rings is 1. The van der Waals surface area contributed by atoms with Gasteiger partial charge in [-0.25, -0.2) is 4.79 Å². The number of hydrogen-bond donors (Lipinski definition) is 0. The highest BCUT2D eigenvalue weighted by Crippen LogP contribution is 2.59. The Hall–Kier alpha value is -1.55. The van der Waals surface area contributed by atoms with E-state index in [4.69, 9.17) is 4.74 Å². The zero-order valence-corrected chi connectivity index (χ0v) is 16.0. The third-order valence-electron chi connectivity index (χ3n) is 6.19. The van der Waals surface area contributed by atoms with Gasteiger partial charge in [0.25, 0.3) is 0 Å². The lowest BCUT2D eigenvalue weighted by molar-refractivity contribution is -0.0405. The highest BCUT2D eigenvalue weighted by Gasteiger charge is 2.64. The number of carbonyl (C=O) groups excluding carboxylic acids is 1. The van der Waals surface area contributed by atoms with Crippen LogP contribution >= 0.6 is 0 Å². The number of fused-ring (bicyclic) bond motifs is 5. The van der Waals surface area contributed by atoms with Gasteiger partial charge >= 0.3 is 6.09 Å². The van der Waals surface area contributed by atoms with E-state index in [1.54, 1.807) is 0 Å². The monoisotopic (exact) mass is 342 g/mol. The summed E-state index contributed by atoms with van der Waals surface area (Å²) in [5.74, 6) is 1.50. The maximum absolute atomic E-state index is 12.6. The van der Waals surface area contributed by atoms with E-state index in [2.05, 4.69) is 49.1 Å². The normalized spacial score (nSPS) is 31.6. The van der Waals surface area contributed by atoms with Crippen LogP contribution in [0.2, 0.25) is 0 Å². The van der Waals surface area contributed by atoms with E-state index in [9.17, 15) is 4.79 Å². The van der Waals surface area contributed by atoms with E-state index in [1.165, 1.54) is 12.0 Å². The van der Waals surface area contributed by atoms with Gasteiger partial charge in [-0.15, -0.1) is 0 Å². The van der Waals surface area contributed by atoms with Crippen molar-refractivity contribution < 1.29 is 9.53 Å². The summed E-state index contributed by atoms with van der Waals surface area (Å²) in [5, 5.41) is 0. The summed E-state index contributed by atoms with van der Waals surface area (Å²) in [4.78, 5) is 17.2. The average Bonchev–Trinajstić information content (AvgIpc) is 3.29. The molecule has 2 saturated heterocycles. The Morgan fingerprint density at radius 2 is 1.56 bits per heavy atom. The van der Waals surface area contributed by atoms with Crippen molar-refractivity contribution in [1.82, 2.24) is 9.80 Å². The summed E-state index contributed by atoms with van der Waals surface area (Å²) >= 11 is 0. The molecular weight excluding hydrogens is 312 g/mol. The molecule has 2 heterocycles. The first kappa shape index (κ1) is 16.9. The first-order chi connectivity index (χ1) is 11.7. The van der Waals surface area contributed by atoms with Gasteiger partial charge in [0.05, 0.1) is 0 Å². The highest BCUT2D eigenvalue weighted by atomic mass is 16.6. The van der Waals surface area contributed by atoms with Crippen molar-refractivity contribution in [2.24, 2.45) is 11.8 Å². The molecule has 4 rings (SSSR count). The van der Waals surface area contributed by atoms with Crippen LogP contribution in [-0.4, -0.2) is 46.7 Å². The minimum Gasteiger partial charge on any atom is -0.444 e. The summed E-state index contributed by atoms with van der Waals surface area (Å²) in [6.07, 6.45) is 1.18. The standard InChI is InChI=1S/C21H30N2O2/c1-20(2,3)25-19(24)22-12-17-15-11-16(15)18(13-22)23(17)21(4,5)14-9-7-6-8-10-14/h6-10,15-18H,11-13H2,1-5H3. The van der Waals surface area contributed by atoms with Crippen LogP contribution < -0.4 is 0 Å². The van der Waals surface area contributed by atoms with Crippen LogP contribution in [0.3, 0.4) is 0 Å². The molecule has 1 aromatic rings. The number of carbonyl (C=O) groups is 1. The maximum atomic E-state index is 12.6. The van der Waals surface area contributed by atoms with Crippen LogP contribution in [0.5, 0.6) is 0 Å². The Labute approximate surface area is 151 Å². The first-order valence-corrected chi connectivity index (χ1v) is 9.50. The maximum Gasteiger partial charge on any atom is 0.410 e. The SMILES string of the molecule is CC(C)(C)OC(=O)N1CC2C3CC3C(C1)N2C(C)(C)c1ccccc1. The molecule has 1 aromatic carbocycles. The number of likely N-dealkylation sites (tertiary alicyclic amines) is 1. The molecule has 1 amide bonds. The molecule has 136 valence electrons. The van der Waals surface area contributed by atoms with Crippen LogP contribution in [-0.2, 0) is 10.3 Å². The highest BCUT2D eigenvalue weighted by molar-refractivity contribution is 5.68. The molecule has 4 heteroatoms. The van der Waals surface area contributed by atoms with E-state index in [0.717, 1.165) is 24.9 Å². The number of ether oxygens (including phenoxy) is 1. The fraction of sp³-hybridized carbons (Fsp3) is 0.667. The van der Waals surface area contributed by atoms with Gasteiger partial charge in [-0.3, -0.25) is 4.90 Å². The van der Waals surface area contributed by atoms with Crippen LogP contribution in [0.15, 0.2) is 30.3 Å². The van der Waals surface area contributed by atoms with Crippen molar-refractivity contribution in [3.63, 3.8) is 0 Å². The third kappa shape index (κ3) is 2.84. The summed E-state index contributed by atoms with van der Waals surface area (Å²) in [5.41, 5.74) is 0.917. The Morgan fingerprint density at radius 1 is 1.00 bits per heavy atom. The topological polar surface area (TPSA) is 32.8 Å². The molecule has 2 bridgehead atoms. The van der Waals surface area contributed by atoms with Gasteiger partial charge in [0, 0.05) is 30.7 Å².